The van der Waals surface area contributed by atoms with Gasteiger partial charge in [-0.2, -0.15) is 0 Å². The molecule has 0 atom stereocenters. The Hall–Kier alpha value is 0.270. The van der Waals surface area contributed by atoms with E-state index in [0.717, 1.165) is 0 Å². The monoisotopic (exact) mass is 167 g/mol. The van der Waals surface area contributed by atoms with Gasteiger partial charge in [-0.1, -0.05) is 0 Å². The number of hydrogen-bond acceptors (Lipinski definition) is 0. The molecule has 0 amide bonds. The Morgan fingerprint density at radius 2 is 1.18 bits per heavy atom. The van der Waals surface area contributed by atoms with E-state index < -0.39 is 0 Å². The molecule has 0 spiro atoms. The Morgan fingerprint density at radius 1 is 0.909 bits per heavy atom. The molecule has 0 N–H and O–H groups in total. The first-order chi connectivity index (χ1) is 4.46. The van der Waals surface area contributed by atoms with E-state index in [1.807, 2.05) is 42.3 Å². The molecule has 0 aliphatic rings. The van der Waals surface area contributed by atoms with Crippen molar-refractivity contribution in [3.05, 3.63) is 0 Å². The van der Waals surface area contributed by atoms with Crippen LogP contribution in [0.2, 0.25) is 0 Å². The van der Waals surface area contributed by atoms with Crippen LogP contribution in [-0.2, 0) is 0 Å². The maximum absolute atomic E-state index is 2.08. The van der Waals surface area contributed by atoms with Crippen molar-refractivity contribution in [2.45, 2.75) is 0 Å². The second-order valence-corrected chi connectivity index (χ2v) is 2.98. The van der Waals surface area contributed by atoms with E-state index in [4.69, 9.17) is 0 Å². The maximum Gasteiger partial charge on any atom is 1.00 e. The molecule has 11 heavy (non-hydrogen) atoms. The fraction of sp³-hybridized carbons (Fsp3) is 0.857. The third-order valence-corrected chi connectivity index (χ3v) is 1.20. The summed E-state index contributed by atoms with van der Waals surface area (Å²) in [6, 6.07) is 0. The van der Waals surface area contributed by atoms with Crippen molar-refractivity contribution in [2.75, 3.05) is 42.3 Å². The van der Waals surface area contributed by atoms with Crippen molar-refractivity contribution in [2.24, 2.45) is 0 Å². The van der Waals surface area contributed by atoms with Crippen molar-refractivity contribution in [1.82, 2.24) is 9.80 Å². The maximum atomic E-state index is 2.08. The number of hydrogen-bond donors (Lipinski definition) is 0. The summed E-state index contributed by atoms with van der Waals surface area (Å²) in [6.45, 7) is 0. The van der Waals surface area contributed by atoms with Gasteiger partial charge in [-0.25, -0.2) is 0 Å². The normalized spacial score (nSPS) is 8.18. The Balaban J connectivity index is 0. The average molecular weight is 167 g/mol. The van der Waals surface area contributed by atoms with Crippen molar-refractivity contribution >= 4 is 5.96 Å². The van der Waals surface area contributed by atoms with E-state index in [1.54, 1.807) is 0 Å². The first-order valence-corrected chi connectivity index (χ1v) is 3.35. The first-order valence-electron chi connectivity index (χ1n) is 3.35. The Bertz CT molecular complexity index is 127. The van der Waals surface area contributed by atoms with Crippen LogP contribution in [-0.4, -0.2) is 62.6 Å². The molecule has 0 saturated heterocycles. The molecule has 60 valence electrons. The summed E-state index contributed by atoms with van der Waals surface area (Å²) in [4.78, 5) is 4.17. The number of nitrogens with zero attached hydrogens (tertiary/aromatic N) is 3. The molecule has 0 heterocycles. The molecule has 0 saturated carbocycles. The van der Waals surface area contributed by atoms with Crippen LogP contribution in [0.4, 0.5) is 0 Å². The third kappa shape index (κ3) is 4.67. The summed E-state index contributed by atoms with van der Waals surface area (Å²) in [6.07, 6.45) is 0. The van der Waals surface area contributed by atoms with E-state index in [2.05, 4.69) is 14.4 Å². The van der Waals surface area contributed by atoms with E-state index in [1.165, 1.54) is 5.96 Å². The van der Waals surface area contributed by atoms with Crippen LogP contribution in [0.15, 0.2) is 0 Å². The van der Waals surface area contributed by atoms with Gasteiger partial charge in [0.15, 0.2) is 0 Å². The second kappa shape index (κ2) is 5.86. The Labute approximate surface area is 92.0 Å². The van der Waals surface area contributed by atoms with Crippen LogP contribution in [0.3, 0.4) is 0 Å². The molecule has 0 rings (SSSR count). The van der Waals surface area contributed by atoms with Crippen molar-refractivity contribution in [3.8, 4) is 0 Å². The minimum atomic E-state index is 0. The Kier molecular flexibility index (Phi) is 7.37. The van der Waals surface area contributed by atoms with Crippen LogP contribution in [0, 0.1) is 0 Å². The molecule has 0 aliphatic carbocycles. The van der Waals surface area contributed by atoms with Gasteiger partial charge in [0.1, 0.15) is 0 Å². The van der Waals surface area contributed by atoms with Gasteiger partial charge in [0.2, 0.25) is 0 Å². The molecule has 4 heteroatoms. The van der Waals surface area contributed by atoms with Crippen molar-refractivity contribution in [3.63, 3.8) is 0 Å². The van der Waals surface area contributed by atoms with Crippen LogP contribution in [0.25, 0.3) is 0 Å². The topological polar surface area (TPSA) is 9.49 Å². The smallest absolute Gasteiger partial charge is 0.270 e. The van der Waals surface area contributed by atoms with E-state index >= 15 is 0 Å². The number of guanidine groups is 1. The molecular weight excluding hydrogens is 149 g/mol. The van der Waals surface area contributed by atoms with E-state index in [9.17, 15) is 0 Å². The van der Waals surface area contributed by atoms with E-state index in [-0.39, 0.29) is 29.6 Å². The fourth-order valence-corrected chi connectivity index (χ4v) is 1.20. The van der Waals surface area contributed by atoms with Crippen LogP contribution in [0.1, 0.15) is 0 Å². The summed E-state index contributed by atoms with van der Waals surface area (Å²) in [5.41, 5.74) is 0. The SMILES string of the molecule is CN(C)C(N(C)C)=[N+](C)C.[Na+]. The third-order valence-electron chi connectivity index (χ3n) is 1.20. The van der Waals surface area contributed by atoms with Gasteiger partial charge in [0.05, 0.1) is 42.3 Å². The van der Waals surface area contributed by atoms with Crippen LogP contribution in [0.5, 0.6) is 0 Å². The molecule has 0 radical (unpaired) electrons. The number of rotatable bonds is 0. The van der Waals surface area contributed by atoms with Gasteiger partial charge in [-0.15, -0.1) is 0 Å². The van der Waals surface area contributed by atoms with Crippen LogP contribution >= 0.6 is 0 Å². The molecular formula is C7H18N3Na+2. The van der Waals surface area contributed by atoms with Gasteiger partial charge in [0, 0.05) is 0 Å². The minimum Gasteiger partial charge on any atom is -0.270 e. The molecule has 0 unspecified atom stereocenters. The van der Waals surface area contributed by atoms with Crippen molar-refractivity contribution < 1.29 is 34.1 Å². The zero-order chi connectivity index (χ0) is 8.31. The second-order valence-electron chi connectivity index (χ2n) is 2.98. The van der Waals surface area contributed by atoms with Gasteiger partial charge >= 0.3 is 35.5 Å². The van der Waals surface area contributed by atoms with Crippen LogP contribution < -0.4 is 29.6 Å². The zero-order valence-corrected chi connectivity index (χ0v) is 10.8. The fourth-order valence-electron chi connectivity index (χ4n) is 1.20. The predicted octanol–water partition coefficient (Wildman–Crippen LogP) is -3.26. The molecule has 0 aromatic heterocycles. The van der Waals surface area contributed by atoms with Gasteiger partial charge < -0.3 is 0 Å². The molecule has 0 aromatic rings. The summed E-state index contributed by atoms with van der Waals surface area (Å²) < 4.78 is 2.08. The largest absolute Gasteiger partial charge is 1.00 e. The molecule has 3 nitrogen and oxygen atoms in total. The van der Waals surface area contributed by atoms with Gasteiger partial charge in [-0.3, -0.25) is 14.4 Å². The summed E-state index contributed by atoms with van der Waals surface area (Å²) >= 11 is 0. The summed E-state index contributed by atoms with van der Waals surface area (Å²) in [5.74, 6) is 1.19. The average Bonchev–Trinajstić information content (AvgIpc) is 1.59. The van der Waals surface area contributed by atoms with Crippen molar-refractivity contribution in [1.29, 1.82) is 0 Å². The first kappa shape index (κ1) is 13.8. The molecule has 0 aliphatic heterocycles. The quantitative estimate of drug-likeness (QED) is 0.162. The van der Waals surface area contributed by atoms with Gasteiger partial charge in [-0.05, 0) is 0 Å². The standard InChI is InChI=1S/C7H18N3.Na/c1-8(2)7(9(3)4)10(5)6;/h1-6H3;/q2*+1. The Morgan fingerprint density at radius 3 is 1.18 bits per heavy atom. The van der Waals surface area contributed by atoms with Gasteiger partial charge in [0.25, 0.3) is 0 Å². The molecule has 0 aromatic carbocycles. The molecule has 0 fully saturated rings. The van der Waals surface area contributed by atoms with E-state index in [0.29, 0.717) is 0 Å². The zero-order valence-electron chi connectivity index (χ0n) is 8.84. The predicted molar refractivity (Wildman–Crippen MR) is 44.5 cm³/mol. The minimum absolute atomic E-state index is 0. The summed E-state index contributed by atoms with van der Waals surface area (Å²) in [7, 11) is 12.2. The summed E-state index contributed by atoms with van der Waals surface area (Å²) in [5, 5.41) is 0. The molecule has 0 bridgehead atoms.